The summed E-state index contributed by atoms with van der Waals surface area (Å²) in [6.45, 7) is 0.117. The summed E-state index contributed by atoms with van der Waals surface area (Å²) < 4.78 is 45.6. The zero-order valence-corrected chi connectivity index (χ0v) is 18.9. The second kappa shape index (κ2) is 10.7. The molecule has 2 aromatic heterocycles. The Balaban J connectivity index is 1.42. The van der Waals surface area contributed by atoms with Gasteiger partial charge in [-0.25, -0.2) is 14.8 Å². The Morgan fingerprint density at radius 2 is 1.83 bits per heavy atom. The number of carbonyl (C=O) groups is 2. The lowest BCUT2D eigenvalue weighted by atomic mass is 9.97. The lowest BCUT2D eigenvalue weighted by Crippen LogP contribution is -2.27. The standard InChI is InChI=1S/C25H25F3N4O3/c26-25(27,28)21-14-32(16-30-21)20(12-17-6-4-5-7-17)23(33)31-22-11-10-19(13-29-22)24(34)35-15-18-8-2-1-3-9-18/h1-3,8-11,13-14,16-17,20H,4-7,12,15H2,(H,29,31,33). The molecule has 3 aromatic rings. The minimum Gasteiger partial charge on any atom is -0.457 e. The van der Waals surface area contributed by atoms with Crippen LogP contribution in [0.4, 0.5) is 19.0 Å². The normalized spacial score (nSPS) is 15.1. The molecular weight excluding hydrogens is 461 g/mol. The molecule has 1 fully saturated rings. The number of alkyl halides is 3. The number of nitrogens with one attached hydrogen (secondary N) is 1. The summed E-state index contributed by atoms with van der Waals surface area (Å²) >= 11 is 0. The molecule has 1 atom stereocenters. The third kappa shape index (κ3) is 6.46. The fourth-order valence-corrected chi connectivity index (χ4v) is 4.18. The number of amides is 1. The van der Waals surface area contributed by atoms with E-state index in [1.807, 2.05) is 30.3 Å². The highest BCUT2D eigenvalue weighted by atomic mass is 19.4. The van der Waals surface area contributed by atoms with Crippen molar-refractivity contribution in [3.8, 4) is 0 Å². The molecule has 4 rings (SSSR count). The van der Waals surface area contributed by atoms with Crippen molar-refractivity contribution in [3.63, 3.8) is 0 Å². The van der Waals surface area contributed by atoms with Crippen molar-refractivity contribution in [2.24, 2.45) is 5.92 Å². The van der Waals surface area contributed by atoms with E-state index in [0.717, 1.165) is 43.8 Å². The van der Waals surface area contributed by atoms with Gasteiger partial charge in [0.25, 0.3) is 0 Å². The number of rotatable bonds is 8. The molecule has 0 spiro atoms. The highest BCUT2D eigenvalue weighted by Crippen LogP contribution is 2.34. The van der Waals surface area contributed by atoms with E-state index in [2.05, 4.69) is 15.3 Å². The number of hydrogen-bond donors (Lipinski definition) is 1. The van der Waals surface area contributed by atoms with Crippen LogP contribution in [-0.2, 0) is 22.3 Å². The molecule has 0 bridgehead atoms. The van der Waals surface area contributed by atoms with Crippen molar-refractivity contribution >= 4 is 17.7 Å². The average Bonchev–Trinajstić information content (AvgIpc) is 3.54. The lowest BCUT2D eigenvalue weighted by molar-refractivity contribution is -0.141. The molecular formula is C25H25F3N4O3. The third-order valence-corrected chi connectivity index (χ3v) is 6.05. The van der Waals surface area contributed by atoms with Crippen LogP contribution in [0.1, 0.15) is 59.8 Å². The maximum Gasteiger partial charge on any atom is 0.434 e. The van der Waals surface area contributed by atoms with Gasteiger partial charge < -0.3 is 14.6 Å². The van der Waals surface area contributed by atoms with Crippen LogP contribution < -0.4 is 5.32 Å². The van der Waals surface area contributed by atoms with Gasteiger partial charge in [0.2, 0.25) is 5.91 Å². The molecule has 1 saturated carbocycles. The number of pyridine rings is 1. The number of hydrogen-bond acceptors (Lipinski definition) is 5. The SMILES string of the molecule is O=C(OCc1ccccc1)c1ccc(NC(=O)C(CC2CCCC2)n2cnc(C(F)(F)F)c2)nc1. The largest absolute Gasteiger partial charge is 0.457 e. The van der Waals surface area contributed by atoms with Crippen molar-refractivity contribution in [2.75, 3.05) is 5.32 Å². The Labute approximate surface area is 200 Å². The first-order valence-electron chi connectivity index (χ1n) is 11.4. The summed E-state index contributed by atoms with van der Waals surface area (Å²) in [5.74, 6) is -0.620. The second-order valence-electron chi connectivity index (χ2n) is 8.59. The summed E-state index contributed by atoms with van der Waals surface area (Å²) in [4.78, 5) is 32.9. The highest BCUT2D eigenvalue weighted by molar-refractivity contribution is 5.94. The van der Waals surface area contributed by atoms with Crippen molar-refractivity contribution in [1.82, 2.24) is 14.5 Å². The van der Waals surface area contributed by atoms with Crippen molar-refractivity contribution in [2.45, 2.75) is 50.9 Å². The number of esters is 1. The number of ether oxygens (including phenoxy) is 1. The Bertz CT molecular complexity index is 1140. The first-order valence-corrected chi connectivity index (χ1v) is 11.4. The number of carbonyl (C=O) groups excluding carboxylic acids is 2. The zero-order valence-electron chi connectivity index (χ0n) is 18.9. The fourth-order valence-electron chi connectivity index (χ4n) is 4.18. The molecule has 35 heavy (non-hydrogen) atoms. The minimum atomic E-state index is -4.59. The van der Waals surface area contributed by atoms with Gasteiger partial charge in [-0.1, -0.05) is 56.0 Å². The quantitative estimate of drug-likeness (QED) is 0.430. The first-order chi connectivity index (χ1) is 16.8. The third-order valence-electron chi connectivity index (χ3n) is 6.05. The molecule has 0 aliphatic heterocycles. The van der Waals surface area contributed by atoms with Gasteiger partial charge >= 0.3 is 12.1 Å². The zero-order chi connectivity index (χ0) is 24.8. The molecule has 184 valence electrons. The van der Waals surface area contributed by atoms with Crippen LogP contribution in [0, 0.1) is 5.92 Å². The van der Waals surface area contributed by atoms with E-state index in [-0.39, 0.29) is 23.9 Å². The minimum absolute atomic E-state index is 0.117. The van der Waals surface area contributed by atoms with Crippen molar-refractivity contribution in [1.29, 1.82) is 0 Å². The smallest absolute Gasteiger partial charge is 0.434 e. The van der Waals surface area contributed by atoms with E-state index in [4.69, 9.17) is 4.74 Å². The molecule has 1 aliphatic carbocycles. The molecule has 1 N–H and O–H groups in total. The van der Waals surface area contributed by atoms with Gasteiger partial charge in [0.05, 0.1) is 11.9 Å². The molecule has 2 heterocycles. The van der Waals surface area contributed by atoms with Crippen LogP contribution in [0.3, 0.4) is 0 Å². The van der Waals surface area contributed by atoms with Gasteiger partial charge in [0.1, 0.15) is 18.5 Å². The van der Waals surface area contributed by atoms with Crippen LogP contribution in [0.15, 0.2) is 61.2 Å². The monoisotopic (exact) mass is 486 g/mol. The number of benzene rings is 1. The van der Waals surface area contributed by atoms with Crippen molar-refractivity contribution < 1.29 is 27.5 Å². The molecule has 1 aromatic carbocycles. The van der Waals surface area contributed by atoms with Gasteiger partial charge in [-0.3, -0.25) is 4.79 Å². The Morgan fingerprint density at radius 3 is 2.46 bits per heavy atom. The summed E-state index contributed by atoms with van der Waals surface area (Å²) in [5.41, 5.74) is 0.0169. The predicted molar refractivity (Wildman–Crippen MR) is 121 cm³/mol. The lowest BCUT2D eigenvalue weighted by Gasteiger charge is -2.21. The van der Waals surface area contributed by atoms with E-state index in [0.29, 0.717) is 6.42 Å². The van der Waals surface area contributed by atoms with E-state index in [1.165, 1.54) is 22.9 Å². The number of halogens is 3. The number of imidazole rings is 1. The first kappa shape index (κ1) is 24.4. The van der Waals surface area contributed by atoms with Crippen LogP contribution in [0.2, 0.25) is 0 Å². The summed E-state index contributed by atoms with van der Waals surface area (Å²) in [6.07, 6.45) is 2.95. The Hall–Kier alpha value is -3.69. The molecule has 1 aliphatic rings. The molecule has 0 saturated heterocycles. The van der Waals surface area contributed by atoms with Crippen LogP contribution >= 0.6 is 0 Å². The predicted octanol–water partition coefficient (Wildman–Crippen LogP) is 5.41. The van der Waals surface area contributed by atoms with E-state index >= 15 is 0 Å². The van der Waals surface area contributed by atoms with E-state index in [9.17, 15) is 22.8 Å². The van der Waals surface area contributed by atoms with E-state index in [1.54, 1.807) is 0 Å². The number of nitrogens with zero attached hydrogens (tertiary/aromatic N) is 3. The maximum absolute atomic E-state index is 13.1. The Morgan fingerprint density at radius 1 is 1.09 bits per heavy atom. The van der Waals surface area contributed by atoms with Crippen LogP contribution in [0.25, 0.3) is 0 Å². The van der Waals surface area contributed by atoms with Gasteiger partial charge in [0.15, 0.2) is 5.69 Å². The van der Waals surface area contributed by atoms with Crippen LogP contribution in [0.5, 0.6) is 0 Å². The summed E-state index contributed by atoms with van der Waals surface area (Å²) in [6, 6.07) is 11.3. The second-order valence-corrected chi connectivity index (χ2v) is 8.59. The number of anilines is 1. The molecule has 7 nitrogen and oxygen atoms in total. The highest BCUT2D eigenvalue weighted by Gasteiger charge is 2.35. The average molecular weight is 486 g/mol. The van der Waals surface area contributed by atoms with Gasteiger partial charge in [0, 0.05) is 12.4 Å². The molecule has 0 radical (unpaired) electrons. The maximum atomic E-state index is 13.1. The van der Waals surface area contributed by atoms with Gasteiger partial charge in [-0.05, 0) is 30.0 Å². The number of aromatic nitrogens is 3. The fraction of sp³-hybridized carbons (Fsp3) is 0.360. The van der Waals surface area contributed by atoms with Crippen LogP contribution in [-0.4, -0.2) is 26.4 Å². The van der Waals surface area contributed by atoms with Gasteiger partial charge in [-0.2, -0.15) is 13.2 Å². The topological polar surface area (TPSA) is 86.1 Å². The summed E-state index contributed by atoms with van der Waals surface area (Å²) in [5, 5.41) is 2.65. The van der Waals surface area contributed by atoms with Crippen molar-refractivity contribution in [3.05, 3.63) is 78.0 Å². The summed E-state index contributed by atoms with van der Waals surface area (Å²) in [7, 11) is 0. The van der Waals surface area contributed by atoms with Gasteiger partial charge in [-0.15, -0.1) is 0 Å². The molecule has 1 unspecified atom stereocenters. The van der Waals surface area contributed by atoms with E-state index < -0.39 is 29.8 Å². The Kier molecular flexibility index (Phi) is 7.48. The molecule has 1 amide bonds. The molecule has 10 heteroatoms.